The average molecular weight is 718 g/mol. The van der Waals surface area contributed by atoms with E-state index in [-0.39, 0.29) is 5.41 Å². The van der Waals surface area contributed by atoms with Crippen molar-refractivity contribution in [2.24, 2.45) is 0 Å². The van der Waals surface area contributed by atoms with Crippen LogP contribution in [0.4, 0.5) is 17.1 Å². The van der Waals surface area contributed by atoms with E-state index in [2.05, 4.69) is 202 Å². The number of hydrogen-bond acceptors (Lipinski definition) is 2. The van der Waals surface area contributed by atoms with Gasteiger partial charge in [-0.25, -0.2) is 0 Å². The largest absolute Gasteiger partial charge is 0.454 e. The summed E-state index contributed by atoms with van der Waals surface area (Å²) in [5.41, 5.74) is 16.5. The van der Waals surface area contributed by atoms with Crippen LogP contribution in [0.2, 0.25) is 0 Å². The molecule has 11 rings (SSSR count). The van der Waals surface area contributed by atoms with Crippen molar-refractivity contribution in [3.8, 4) is 44.5 Å². The van der Waals surface area contributed by atoms with Gasteiger partial charge in [0.25, 0.3) is 0 Å². The molecule has 0 fully saturated rings. The minimum atomic E-state index is 0.00127. The Morgan fingerprint density at radius 2 is 0.911 bits per heavy atom. The van der Waals surface area contributed by atoms with Gasteiger partial charge in [0, 0.05) is 22.1 Å². The van der Waals surface area contributed by atoms with E-state index < -0.39 is 0 Å². The molecular weight excluding hydrogens is 679 g/mol. The summed E-state index contributed by atoms with van der Waals surface area (Å²) in [4.78, 5) is 2.37. The highest BCUT2D eigenvalue weighted by Crippen LogP contribution is 2.52. The van der Waals surface area contributed by atoms with Crippen molar-refractivity contribution < 1.29 is 4.42 Å². The average Bonchev–Trinajstić information content (AvgIpc) is 3.62. The van der Waals surface area contributed by atoms with Crippen molar-refractivity contribution in [3.05, 3.63) is 188 Å². The van der Waals surface area contributed by atoms with Crippen LogP contribution in [0, 0.1) is 0 Å². The molecule has 9 aromatic carbocycles. The summed E-state index contributed by atoms with van der Waals surface area (Å²) in [6.07, 6.45) is 0. The van der Waals surface area contributed by atoms with E-state index in [1.807, 2.05) is 6.07 Å². The van der Waals surface area contributed by atoms with Gasteiger partial charge in [0.2, 0.25) is 0 Å². The monoisotopic (exact) mass is 717 g/mol. The van der Waals surface area contributed by atoms with Crippen molar-refractivity contribution in [2.75, 3.05) is 4.90 Å². The Hall–Kier alpha value is -6.90. The fourth-order valence-electron chi connectivity index (χ4n) is 8.76. The van der Waals surface area contributed by atoms with Crippen LogP contribution in [0.25, 0.3) is 88.0 Å². The molecule has 0 amide bonds. The van der Waals surface area contributed by atoms with E-state index in [1.165, 1.54) is 71.6 Å². The van der Waals surface area contributed by atoms with Gasteiger partial charge in [-0.2, -0.15) is 0 Å². The number of furan rings is 1. The zero-order valence-corrected chi connectivity index (χ0v) is 31.7. The summed E-state index contributed by atoms with van der Waals surface area (Å²) in [6, 6.07) is 66.5. The highest BCUT2D eigenvalue weighted by Gasteiger charge is 2.26. The molecule has 0 saturated carbocycles. The van der Waals surface area contributed by atoms with E-state index in [9.17, 15) is 0 Å². The Morgan fingerprint density at radius 1 is 0.393 bits per heavy atom. The Labute approximate surface area is 326 Å². The third-order valence-corrected chi connectivity index (χ3v) is 11.7. The second-order valence-electron chi connectivity index (χ2n) is 16.2. The van der Waals surface area contributed by atoms with Gasteiger partial charge in [-0.05, 0) is 150 Å². The highest BCUT2D eigenvalue weighted by molar-refractivity contribution is 6.14. The lowest BCUT2D eigenvalue weighted by molar-refractivity contribution is 0.590. The molecule has 0 aliphatic heterocycles. The summed E-state index contributed by atoms with van der Waals surface area (Å²) >= 11 is 0. The second kappa shape index (κ2) is 12.3. The van der Waals surface area contributed by atoms with Gasteiger partial charge in [0.15, 0.2) is 5.58 Å². The predicted molar refractivity (Wildman–Crippen MR) is 237 cm³/mol. The van der Waals surface area contributed by atoms with Gasteiger partial charge in [0.1, 0.15) is 5.58 Å². The molecule has 0 radical (unpaired) electrons. The quantitative estimate of drug-likeness (QED) is 0.176. The zero-order chi connectivity index (χ0) is 37.5. The van der Waals surface area contributed by atoms with Crippen LogP contribution in [-0.4, -0.2) is 0 Å². The van der Waals surface area contributed by atoms with Gasteiger partial charge in [0.05, 0.1) is 5.69 Å². The van der Waals surface area contributed by atoms with Crippen molar-refractivity contribution in [2.45, 2.75) is 26.2 Å². The van der Waals surface area contributed by atoms with Gasteiger partial charge in [-0.1, -0.05) is 130 Å². The van der Waals surface area contributed by atoms with Crippen molar-refractivity contribution in [1.29, 1.82) is 0 Å². The summed E-state index contributed by atoms with van der Waals surface area (Å²) in [5, 5.41) is 7.20. The second-order valence-corrected chi connectivity index (χ2v) is 16.2. The number of hydrogen-bond donors (Lipinski definition) is 0. The molecule has 1 heterocycles. The fraction of sp³-hybridized carbons (Fsp3) is 0.0741. The Kier molecular flexibility index (Phi) is 7.15. The Bertz CT molecular complexity index is 3170. The zero-order valence-electron chi connectivity index (χ0n) is 31.7. The standard InChI is InChI=1S/C54H39NO/c1-54(2,3)40-18-12-19-41(33-40)55(51-22-13-21-44-43-20-10-11-23-52(43)56-53(44)51)42-25-24-36-27-47-48(30-37(36)26-42)50-32-39-29-46(35-16-8-5-9-17-35)45(28-38(39)31-49(47)50)34-14-6-4-7-15-34/h4-33H,1-3H3. The molecule has 0 atom stereocenters. The molecule has 0 spiro atoms. The molecule has 1 aromatic heterocycles. The topological polar surface area (TPSA) is 16.4 Å². The number of benzene rings is 9. The van der Waals surface area contributed by atoms with E-state index in [1.54, 1.807) is 0 Å². The van der Waals surface area contributed by atoms with Gasteiger partial charge < -0.3 is 9.32 Å². The Balaban J connectivity index is 1.06. The number of fused-ring (bicyclic) bond motifs is 9. The summed E-state index contributed by atoms with van der Waals surface area (Å²) < 4.78 is 6.64. The van der Waals surface area contributed by atoms with Gasteiger partial charge in [-0.3, -0.25) is 0 Å². The minimum absolute atomic E-state index is 0.00127. The van der Waals surface area contributed by atoms with Crippen LogP contribution in [0.3, 0.4) is 0 Å². The molecular formula is C54H39NO. The molecule has 0 saturated heterocycles. The molecule has 2 nitrogen and oxygen atoms in total. The number of rotatable bonds is 5. The number of nitrogens with zero attached hydrogens (tertiary/aromatic N) is 1. The van der Waals surface area contributed by atoms with Crippen LogP contribution >= 0.6 is 0 Å². The lowest BCUT2D eigenvalue weighted by Crippen LogP contribution is -2.14. The molecule has 2 heteroatoms. The lowest BCUT2D eigenvalue weighted by atomic mass is 9.77. The third kappa shape index (κ3) is 5.17. The highest BCUT2D eigenvalue weighted by atomic mass is 16.3. The smallest absolute Gasteiger partial charge is 0.159 e. The number of anilines is 3. The molecule has 0 N–H and O–H groups in total. The molecule has 10 aromatic rings. The first kappa shape index (κ1) is 32.5. The molecule has 1 aliphatic carbocycles. The maximum atomic E-state index is 6.64. The van der Waals surface area contributed by atoms with Crippen molar-refractivity contribution >= 4 is 60.5 Å². The molecule has 1 aliphatic rings. The lowest BCUT2D eigenvalue weighted by Gasteiger charge is -2.29. The van der Waals surface area contributed by atoms with Gasteiger partial charge >= 0.3 is 0 Å². The van der Waals surface area contributed by atoms with Crippen molar-refractivity contribution in [1.82, 2.24) is 0 Å². The third-order valence-electron chi connectivity index (χ3n) is 11.7. The first-order chi connectivity index (χ1) is 27.4. The molecule has 56 heavy (non-hydrogen) atoms. The summed E-state index contributed by atoms with van der Waals surface area (Å²) in [6.45, 7) is 6.82. The maximum absolute atomic E-state index is 6.64. The van der Waals surface area contributed by atoms with Crippen LogP contribution in [0.1, 0.15) is 26.3 Å². The SMILES string of the molecule is CC(C)(C)c1cccc(N(c2ccc3cc4c(cc3c2)-c2cc3cc(-c5ccccc5)c(-c5ccccc5)cc3cc2-4)c2cccc3c2oc2ccccc23)c1. The van der Waals surface area contributed by atoms with Crippen LogP contribution in [-0.2, 0) is 5.41 Å². The summed E-state index contributed by atoms with van der Waals surface area (Å²) in [5.74, 6) is 0. The summed E-state index contributed by atoms with van der Waals surface area (Å²) in [7, 11) is 0. The van der Waals surface area contributed by atoms with E-state index >= 15 is 0 Å². The van der Waals surface area contributed by atoms with E-state index in [0.717, 1.165) is 39.0 Å². The van der Waals surface area contributed by atoms with Crippen LogP contribution in [0.15, 0.2) is 186 Å². The fourth-order valence-corrected chi connectivity index (χ4v) is 8.76. The minimum Gasteiger partial charge on any atom is -0.454 e. The van der Waals surface area contributed by atoms with E-state index in [0.29, 0.717) is 0 Å². The van der Waals surface area contributed by atoms with Gasteiger partial charge in [-0.15, -0.1) is 0 Å². The van der Waals surface area contributed by atoms with Crippen LogP contribution < -0.4 is 4.90 Å². The molecule has 266 valence electrons. The number of para-hydroxylation sites is 2. The van der Waals surface area contributed by atoms with Crippen molar-refractivity contribution in [3.63, 3.8) is 0 Å². The van der Waals surface area contributed by atoms with Crippen LogP contribution in [0.5, 0.6) is 0 Å². The molecule has 0 bridgehead atoms. The normalized spacial score (nSPS) is 12.2. The molecule has 0 unspecified atom stereocenters. The maximum Gasteiger partial charge on any atom is 0.159 e. The Morgan fingerprint density at radius 3 is 1.55 bits per heavy atom. The van der Waals surface area contributed by atoms with E-state index in [4.69, 9.17) is 4.42 Å². The first-order valence-electron chi connectivity index (χ1n) is 19.5. The first-order valence-corrected chi connectivity index (χ1v) is 19.5. The predicted octanol–water partition coefficient (Wildman–Crippen LogP) is 15.6.